The lowest BCUT2D eigenvalue weighted by Crippen LogP contribution is -2.46. The molecule has 1 aliphatic carbocycles. The standard InChI is InChI=1S/C25H25F3N2O4/c26-25(27,28)34-19-3-1-2-16(12-19)17-4-5-20-18-8-11-30(22(14-18)21(20)13-17)23(31)15-6-9-29(10-7-15)24(32)33/h1-5,12-13,15,18,22H,6-11,14H2,(H,32,33). The van der Waals surface area contributed by atoms with Gasteiger partial charge in [-0.1, -0.05) is 24.3 Å². The monoisotopic (exact) mass is 474 g/mol. The number of hydrogen-bond donors (Lipinski definition) is 1. The van der Waals surface area contributed by atoms with E-state index in [-0.39, 0.29) is 23.6 Å². The zero-order valence-electron chi connectivity index (χ0n) is 18.4. The number of benzene rings is 2. The molecule has 0 aromatic heterocycles. The van der Waals surface area contributed by atoms with Gasteiger partial charge in [-0.2, -0.15) is 0 Å². The third kappa shape index (κ3) is 4.31. The van der Waals surface area contributed by atoms with Gasteiger partial charge < -0.3 is 19.6 Å². The van der Waals surface area contributed by atoms with E-state index < -0.39 is 12.5 Å². The van der Waals surface area contributed by atoms with Crippen LogP contribution >= 0.6 is 0 Å². The zero-order chi connectivity index (χ0) is 24.0. The maximum atomic E-state index is 13.4. The van der Waals surface area contributed by atoms with E-state index in [2.05, 4.69) is 4.74 Å². The van der Waals surface area contributed by atoms with E-state index in [0.717, 1.165) is 24.0 Å². The molecule has 180 valence electrons. The van der Waals surface area contributed by atoms with Gasteiger partial charge in [0.15, 0.2) is 0 Å². The normalized spacial score (nSPS) is 22.4. The molecule has 2 atom stereocenters. The Morgan fingerprint density at radius 2 is 1.68 bits per heavy atom. The Bertz CT molecular complexity index is 1110. The molecule has 0 saturated carbocycles. The Kier molecular flexibility index (Phi) is 5.65. The largest absolute Gasteiger partial charge is 0.573 e. The summed E-state index contributed by atoms with van der Waals surface area (Å²) < 4.78 is 42.0. The molecule has 6 nitrogen and oxygen atoms in total. The van der Waals surface area contributed by atoms with Gasteiger partial charge in [-0.3, -0.25) is 4.79 Å². The molecule has 2 bridgehead atoms. The summed E-state index contributed by atoms with van der Waals surface area (Å²) in [6, 6.07) is 11.8. The zero-order valence-corrected chi connectivity index (χ0v) is 18.4. The molecule has 5 rings (SSSR count). The Hall–Kier alpha value is -3.23. The minimum atomic E-state index is -4.75. The molecule has 0 radical (unpaired) electrons. The second-order valence-corrected chi connectivity index (χ2v) is 9.23. The lowest BCUT2D eigenvalue weighted by molar-refractivity contribution is -0.274. The van der Waals surface area contributed by atoms with Crippen LogP contribution in [-0.4, -0.2) is 52.9 Å². The number of amides is 2. The summed E-state index contributed by atoms with van der Waals surface area (Å²) >= 11 is 0. The third-order valence-electron chi connectivity index (χ3n) is 7.29. The summed E-state index contributed by atoms with van der Waals surface area (Å²) in [7, 11) is 0. The minimum absolute atomic E-state index is 0.0617. The quantitative estimate of drug-likeness (QED) is 0.647. The fourth-order valence-corrected chi connectivity index (χ4v) is 5.65. The topological polar surface area (TPSA) is 70.1 Å². The first kappa shape index (κ1) is 22.6. The highest BCUT2D eigenvalue weighted by Crippen LogP contribution is 2.50. The minimum Gasteiger partial charge on any atom is -0.465 e. The smallest absolute Gasteiger partial charge is 0.465 e. The molecular weight excluding hydrogens is 449 g/mol. The number of carboxylic acid groups (broad SMARTS) is 1. The maximum Gasteiger partial charge on any atom is 0.573 e. The number of nitrogens with zero attached hydrogens (tertiary/aromatic N) is 2. The van der Waals surface area contributed by atoms with Crippen LogP contribution in [-0.2, 0) is 4.79 Å². The molecular formula is C25H25F3N2O4. The van der Waals surface area contributed by atoms with Crippen molar-refractivity contribution in [1.82, 2.24) is 9.80 Å². The van der Waals surface area contributed by atoms with E-state index >= 15 is 0 Å². The number of halogens is 3. The Labute approximate surface area is 194 Å². The molecule has 2 heterocycles. The Morgan fingerprint density at radius 3 is 2.38 bits per heavy atom. The first-order chi connectivity index (χ1) is 16.2. The van der Waals surface area contributed by atoms with Gasteiger partial charge in [0.1, 0.15) is 5.75 Å². The van der Waals surface area contributed by atoms with E-state index in [9.17, 15) is 22.8 Å². The van der Waals surface area contributed by atoms with E-state index in [1.165, 1.54) is 28.7 Å². The Balaban J connectivity index is 1.38. The van der Waals surface area contributed by atoms with Crippen molar-refractivity contribution < 1.29 is 32.6 Å². The molecule has 9 heteroatoms. The van der Waals surface area contributed by atoms with Gasteiger partial charge in [0.2, 0.25) is 5.91 Å². The molecule has 1 N–H and O–H groups in total. The SMILES string of the molecule is O=C(O)N1CCC(C(=O)N2CCC3CC2c2cc(-c4cccc(OC(F)(F)F)c4)ccc23)CC1. The number of carbonyl (C=O) groups is 2. The van der Waals surface area contributed by atoms with Crippen molar-refractivity contribution >= 4 is 12.0 Å². The maximum absolute atomic E-state index is 13.4. The predicted octanol–water partition coefficient (Wildman–Crippen LogP) is 5.40. The summed E-state index contributed by atoms with van der Waals surface area (Å²) in [5.41, 5.74) is 3.65. The number of alkyl halides is 3. The average Bonchev–Trinajstić information content (AvgIpc) is 3.09. The fraction of sp³-hybridized carbons (Fsp3) is 0.440. The summed E-state index contributed by atoms with van der Waals surface area (Å²) in [6.07, 6.45) is -2.94. The van der Waals surface area contributed by atoms with Gasteiger partial charge in [-0.15, -0.1) is 13.2 Å². The lowest BCUT2D eigenvalue weighted by Gasteiger charge is -2.38. The van der Waals surface area contributed by atoms with Crippen LogP contribution in [0.4, 0.5) is 18.0 Å². The van der Waals surface area contributed by atoms with E-state index in [4.69, 9.17) is 5.11 Å². The van der Waals surface area contributed by atoms with Crippen molar-refractivity contribution in [1.29, 1.82) is 0 Å². The number of ether oxygens (including phenoxy) is 1. The van der Waals surface area contributed by atoms with Crippen LogP contribution in [0.3, 0.4) is 0 Å². The first-order valence-corrected chi connectivity index (χ1v) is 11.5. The molecule has 2 aromatic carbocycles. The summed E-state index contributed by atoms with van der Waals surface area (Å²) in [4.78, 5) is 27.9. The summed E-state index contributed by atoms with van der Waals surface area (Å²) in [5, 5.41) is 9.17. The highest BCUT2D eigenvalue weighted by atomic mass is 19.4. The predicted molar refractivity (Wildman–Crippen MR) is 117 cm³/mol. The molecule has 2 unspecified atom stereocenters. The highest BCUT2D eigenvalue weighted by molar-refractivity contribution is 5.80. The number of carbonyl (C=O) groups excluding carboxylic acids is 1. The van der Waals surface area contributed by atoms with Crippen molar-refractivity contribution in [2.24, 2.45) is 5.92 Å². The van der Waals surface area contributed by atoms with Crippen LogP contribution in [0, 0.1) is 5.92 Å². The van der Waals surface area contributed by atoms with E-state index in [1.54, 1.807) is 6.07 Å². The molecule has 2 amide bonds. The van der Waals surface area contributed by atoms with Crippen LogP contribution in [0.2, 0.25) is 0 Å². The van der Waals surface area contributed by atoms with Crippen LogP contribution in [0.15, 0.2) is 42.5 Å². The second kappa shape index (κ2) is 8.52. The summed E-state index contributed by atoms with van der Waals surface area (Å²) in [6.45, 7) is 1.39. The van der Waals surface area contributed by atoms with Crippen molar-refractivity contribution in [3.05, 3.63) is 53.6 Å². The van der Waals surface area contributed by atoms with Crippen LogP contribution in [0.25, 0.3) is 11.1 Å². The number of fused-ring (bicyclic) bond motifs is 5. The van der Waals surface area contributed by atoms with Gasteiger partial charge in [0.05, 0.1) is 6.04 Å². The van der Waals surface area contributed by atoms with Gasteiger partial charge >= 0.3 is 12.5 Å². The van der Waals surface area contributed by atoms with Gasteiger partial charge in [0.25, 0.3) is 0 Å². The molecule has 2 aromatic rings. The van der Waals surface area contributed by atoms with E-state index in [0.29, 0.717) is 44.0 Å². The van der Waals surface area contributed by atoms with Crippen molar-refractivity contribution in [2.45, 2.75) is 44.0 Å². The number of hydrogen-bond acceptors (Lipinski definition) is 3. The molecule has 34 heavy (non-hydrogen) atoms. The Morgan fingerprint density at radius 1 is 0.941 bits per heavy atom. The molecule has 2 saturated heterocycles. The van der Waals surface area contributed by atoms with Gasteiger partial charge in [-0.25, -0.2) is 4.79 Å². The molecule has 0 spiro atoms. The molecule has 2 aliphatic heterocycles. The number of rotatable bonds is 3. The fourth-order valence-electron chi connectivity index (χ4n) is 5.65. The van der Waals surface area contributed by atoms with Gasteiger partial charge in [-0.05, 0) is 72.1 Å². The molecule has 2 fully saturated rings. The summed E-state index contributed by atoms with van der Waals surface area (Å²) in [5.74, 6) is -0.0106. The van der Waals surface area contributed by atoms with Crippen LogP contribution < -0.4 is 4.74 Å². The molecule has 3 aliphatic rings. The highest BCUT2D eigenvalue weighted by Gasteiger charge is 2.43. The number of piperidine rings is 2. The van der Waals surface area contributed by atoms with Crippen molar-refractivity contribution in [3.8, 4) is 16.9 Å². The van der Waals surface area contributed by atoms with Crippen LogP contribution in [0.1, 0.15) is 48.8 Å². The van der Waals surface area contributed by atoms with Crippen LogP contribution in [0.5, 0.6) is 5.75 Å². The van der Waals surface area contributed by atoms with Crippen molar-refractivity contribution in [2.75, 3.05) is 19.6 Å². The second-order valence-electron chi connectivity index (χ2n) is 9.23. The van der Waals surface area contributed by atoms with Crippen molar-refractivity contribution in [3.63, 3.8) is 0 Å². The average molecular weight is 474 g/mol. The number of likely N-dealkylation sites (tertiary alicyclic amines) is 2. The first-order valence-electron chi connectivity index (χ1n) is 11.5. The lowest BCUT2D eigenvalue weighted by atomic mass is 9.91. The van der Waals surface area contributed by atoms with E-state index in [1.807, 2.05) is 23.1 Å². The third-order valence-corrected chi connectivity index (χ3v) is 7.29. The van der Waals surface area contributed by atoms with Gasteiger partial charge in [0, 0.05) is 25.6 Å².